The lowest BCUT2D eigenvalue weighted by Gasteiger charge is -2.13. The van der Waals surface area contributed by atoms with Crippen LogP contribution in [0.1, 0.15) is 22.5 Å². The van der Waals surface area contributed by atoms with Gasteiger partial charge in [-0.15, -0.1) is 0 Å². The number of halogens is 1. The molecule has 8 heteroatoms. The lowest BCUT2D eigenvalue weighted by Crippen LogP contribution is -2.15. The van der Waals surface area contributed by atoms with E-state index in [1.54, 1.807) is 36.7 Å². The molecule has 2 aromatic heterocycles. The number of fused-ring (bicyclic) bond motifs is 1. The molecule has 0 spiro atoms. The highest BCUT2D eigenvalue weighted by Gasteiger charge is 2.20. The number of aromatic nitrogens is 3. The number of aryl methyl sites for hydroxylation is 4. The summed E-state index contributed by atoms with van der Waals surface area (Å²) in [5.41, 5.74) is 5.35. The molecular weight excluding hydrogens is 403 g/mol. The zero-order chi connectivity index (χ0) is 21.6. The molecule has 0 aliphatic heterocycles. The van der Waals surface area contributed by atoms with E-state index in [1.165, 1.54) is 18.2 Å². The third kappa shape index (κ3) is 3.54. The predicted molar refractivity (Wildman–Crippen MR) is 115 cm³/mol. The first-order valence-corrected chi connectivity index (χ1v) is 10.9. The fourth-order valence-electron chi connectivity index (χ4n) is 3.47. The van der Waals surface area contributed by atoms with Crippen molar-refractivity contribution in [1.29, 1.82) is 0 Å². The van der Waals surface area contributed by atoms with Crippen LogP contribution in [0.15, 0.2) is 53.6 Å². The summed E-state index contributed by atoms with van der Waals surface area (Å²) < 4.78 is 43.9. The van der Waals surface area contributed by atoms with Gasteiger partial charge in [0.15, 0.2) is 5.65 Å². The van der Waals surface area contributed by atoms with Gasteiger partial charge in [0.1, 0.15) is 5.82 Å². The Bertz CT molecular complexity index is 1390. The molecule has 0 unspecified atom stereocenters. The molecule has 4 rings (SSSR count). The molecule has 0 fully saturated rings. The number of rotatable bonds is 4. The van der Waals surface area contributed by atoms with E-state index in [4.69, 9.17) is 0 Å². The van der Waals surface area contributed by atoms with E-state index in [-0.39, 0.29) is 4.90 Å². The Morgan fingerprint density at radius 3 is 2.47 bits per heavy atom. The molecule has 0 saturated carbocycles. The van der Waals surface area contributed by atoms with E-state index in [2.05, 4.69) is 14.8 Å². The summed E-state index contributed by atoms with van der Waals surface area (Å²) in [6.45, 7) is 7.24. The van der Waals surface area contributed by atoms with E-state index >= 15 is 0 Å². The summed E-state index contributed by atoms with van der Waals surface area (Å²) in [5.74, 6) is -0.417. The van der Waals surface area contributed by atoms with Crippen LogP contribution in [-0.2, 0) is 10.0 Å². The predicted octanol–water partition coefficient (Wildman–Crippen LogP) is 4.57. The van der Waals surface area contributed by atoms with Crippen LogP contribution in [0.5, 0.6) is 0 Å². The third-order valence-corrected chi connectivity index (χ3v) is 6.51. The van der Waals surface area contributed by atoms with Crippen molar-refractivity contribution in [2.45, 2.75) is 32.6 Å². The quantitative estimate of drug-likeness (QED) is 0.521. The van der Waals surface area contributed by atoms with Crippen LogP contribution < -0.4 is 4.72 Å². The van der Waals surface area contributed by atoms with Crippen LogP contribution in [0.4, 0.5) is 10.1 Å². The minimum Gasteiger partial charge on any atom is -0.279 e. The maximum atomic E-state index is 13.4. The van der Waals surface area contributed by atoms with Gasteiger partial charge in [-0.1, -0.05) is 12.1 Å². The van der Waals surface area contributed by atoms with Crippen LogP contribution in [0, 0.1) is 33.5 Å². The van der Waals surface area contributed by atoms with Crippen molar-refractivity contribution < 1.29 is 12.8 Å². The van der Waals surface area contributed by atoms with E-state index < -0.39 is 15.8 Å². The zero-order valence-electron chi connectivity index (χ0n) is 17.1. The average molecular weight is 425 g/mol. The molecule has 2 aromatic carbocycles. The van der Waals surface area contributed by atoms with Crippen LogP contribution in [-0.4, -0.2) is 23.0 Å². The van der Waals surface area contributed by atoms with Gasteiger partial charge >= 0.3 is 0 Å². The molecule has 30 heavy (non-hydrogen) atoms. The monoisotopic (exact) mass is 424 g/mol. The number of hydrogen-bond acceptors (Lipinski definition) is 4. The standard InChI is InChI=1S/C22H21FN4O2S/c1-13-5-6-17(19-12-24-27-16(4)10-15(3)25-22(19)27)11-21(13)30(28,29)26-20-8-7-18(23)9-14(20)2/h5-12,26H,1-4H3. The van der Waals surface area contributed by atoms with Gasteiger partial charge in [0, 0.05) is 17.0 Å². The number of anilines is 1. The van der Waals surface area contributed by atoms with E-state index in [0.29, 0.717) is 28.0 Å². The van der Waals surface area contributed by atoms with Crippen molar-refractivity contribution in [3.05, 3.63) is 77.0 Å². The second kappa shape index (κ2) is 7.21. The molecule has 0 bridgehead atoms. The maximum Gasteiger partial charge on any atom is 0.262 e. The second-order valence-electron chi connectivity index (χ2n) is 7.38. The molecule has 4 aromatic rings. The highest BCUT2D eigenvalue weighted by molar-refractivity contribution is 7.92. The topological polar surface area (TPSA) is 76.4 Å². The lowest BCUT2D eigenvalue weighted by molar-refractivity contribution is 0.600. The smallest absolute Gasteiger partial charge is 0.262 e. The largest absolute Gasteiger partial charge is 0.279 e. The summed E-state index contributed by atoms with van der Waals surface area (Å²) in [4.78, 5) is 4.72. The molecule has 0 radical (unpaired) electrons. The summed E-state index contributed by atoms with van der Waals surface area (Å²) in [6, 6.07) is 11.1. The van der Waals surface area contributed by atoms with Crippen LogP contribution >= 0.6 is 0 Å². The van der Waals surface area contributed by atoms with Crippen LogP contribution in [0.2, 0.25) is 0 Å². The molecule has 1 N–H and O–H groups in total. The fourth-order valence-corrected chi connectivity index (χ4v) is 4.88. The Labute approximate surface area is 174 Å². The van der Waals surface area contributed by atoms with Gasteiger partial charge < -0.3 is 0 Å². The average Bonchev–Trinajstić information content (AvgIpc) is 3.08. The number of nitrogens with zero attached hydrogens (tertiary/aromatic N) is 3. The number of benzene rings is 2. The number of sulfonamides is 1. The minimum absolute atomic E-state index is 0.146. The second-order valence-corrected chi connectivity index (χ2v) is 9.03. The Kier molecular flexibility index (Phi) is 4.82. The Morgan fingerprint density at radius 2 is 1.73 bits per heavy atom. The molecule has 2 heterocycles. The van der Waals surface area contributed by atoms with Crippen molar-refractivity contribution >= 4 is 21.4 Å². The molecule has 0 aliphatic rings. The first-order valence-electron chi connectivity index (χ1n) is 9.38. The molecule has 0 amide bonds. The molecule has 6 nitrogen and oxygen atoms in total. The van der Waals surface area contributed by atoms with Crippen molar-refractivity contribution in [1.82, 2.24) is 14.6 Å². The van der Waals surface area contributed by atoms with Crippen molar-refractivity contribution in [3.8, 4) is 11.1 Å². The van der Waals surface area contributed by atoms with Crippen molar-refractivity contribution in [3.63, 3.8) is 0 Å². The Balaban J connectivity index is 1.81. The third-order valence-electron chi connectivity index (χ3n) is 5.00. The first kappa shape index (κ1) is 20.0. The maximum absolute atomic E-state index is 13.4. The van der Waals surface area contributed by atoms with Gasteiger partial charge in [-0.3, -0.25) is 4.72 Å². The summed E-state index contributed by atoms with van der Waals surface area (Å²) >= 11 is 0. The first-order chi connectivity index (χ1) is 14.2. The van der Waals surface area contributed by atoms with Gasteiger partial charge in [0.2, 0.25) is 0 Å². The van der Waals surface area contributed by atoms with Gasteiger partial charge in [-0.2, -0.15) is 5.10 Å². The van der Waals surface area contributed by atoms with Crippen molar-refractivity contribution in [2.24, 2.45) is 0 Å². The lowest BCUT2D eigenvalue weighted by atomic mass is 10.1. The zero-order valence-corrected chi connectivity index (χ0v) is 17.9. The summed E-state index contributed by atoms with van der Waals surface area (Å²) in [6.07, 6.45) is 1.69. The van der Waals surface area contributed by atoms with E-state index in [9.17, 15) is 12.8 Å². The number of nitrogens with one attached hydrogen (secondary N) is 1. The minimum atomic E-state index is -3.88. The normalized spacial score (nSPS) is 11.8. The van der Waals surface area contributed by atoms with Crippen LogP contribution in [0.3, 0.4) is 0 Å². The van der Waals surface area contributed by atoms with Gasteiger partial charge in [0.05, 0.1) is 16.8 Å². The van der Waals surface area contributed by atoms with E-state index in [1.807, 2.05) is 26.0 Å². The number of hydrogen-bond donors (Lipinski definition) is 1. The molecular formula is C22H21FN4O2S. The SMILES string of the molecule is Cc1cc(C)n2ncc(-c3ccc(C)c(S(=O)(=O)Nc4ccc(F)cc4C)c3)c2n1. The van der Waals surface area contributed by atoms with Gasteiger partial charge in [-0.05, 0) is 74.7 Å². The molecule has 0 aliphatic carbocycles. The highest BCUT2D eigenvalue weighted by atomic mass is 32.2. The Morgan fingerprint density at radius 1 is 0.967 bits per heavy atom. The fraction of sp³-hybridized carbons (Fsp3) is 0.182. The highest BCUT2D eigenvalue weighted by Crippen LogP contribution is 2.29. The van der Waals surface area contributed by atoms with Gasteiger partial charge in [-0.25, -0.2) is 22.3 Å². The molecule has 0 saturated heterocycles. The van der Waals surface area contributed by atoms with E-state index in [0.717, 1.165) is 17.0 Å². The van der Waals surface area contributed by atoms with Gasteiger partial charge in [0.25, 0.3) is 10.0 Å². The summed E-state index contributed by atoms with van der Waals surface area (Å²) in [5, 5.41) is 4.39. The molecule has 154 valence electrons. The summed E-state index contributed by atoms with van der Waals surface area (Å²) in [7, 11) is -3.88. The Hall–Kier alpha value is -3.26. The van der Waals surface area contributed by atoms with Crippen molar-refractivity contribution in [2.75, 3.05) is 4.72 Å². The van der Waals surface area contributed by atoms with Crippen LogP contribution in [0.25, 0.3) is 16.8 Å². The molecule has 0 atom stereocenters.